The average Bonchev–Trinajstić information content (AvgIpc) is 2.97. The van der Waals surface area contributed by atoms with Crippen molar-refractivity contribution in [3.05, 3.63) is 30.1 Å². The Morgan fingerprint density at radius 2 is 1.93 bits per heavy atom. The molecular weight excluding hydrogens is 358 g/mol. The Balaban J connectivity index is 0.00000261. The molecule has 0 radical (unpaired) electrons. The van der Waals surface area contributed by atoms with Crippen LogP contribution < -0.4 is 5.32 Å². The maximum Gasteiger partial charge on any atom is 0.223 e. The topological polar surface area (TPSA) is 45.2 Å². The van der Waals surface area contributed by atoms with Gasteiger partial charge in [0.05, 0.1) is 12.2 Å². The van der Waals surface area contributed by atoms with Crippen LogP contribution >= 0.6 is 12.4 Å². The van der Waals surface area contributed by atoms with E-state index in [9.17, 15) is 4.79 Å². The van der Waals surface area contributed by atoms with Crippen molar-refractivity contribution in [3.8, 4) is 0 Å². The zero-order valence-corrected chi connectivity index (χ0v) is 17.4. The van der Waals surface area contributed by atoms with Crippen molar-refractivity contribution in [2.24, 2.45) is 5.92 Å². The summed E-state index contributed by atoms with van der Waals surface area (Å²) in [6, 6.07) is 6.35. The summed E-state index contributed by atoms with van der Waals surface area (Å²) in [5.41, 5.74) is 1.00. The van der Waals surface area contributed by atoms with Crippen molar-refractivity contribution in [1.29, 1.82) is 0 Å². The predicted molar refractivity (Wildman–Crippen MR) is 113 cm³/mol. The summed E-state index contributed by atoms with van der Waals surface area (Å²) >= 11 is 0. The lowest BCUT2D eigenvalue weighted by molar-refractivity contribution is -0.134. The van der Waals surface area contributed by atoms with E-state index in [0.717, 1.165) is 50.4 Å². The van der Waals surface area contributed by atoms with Crippen molar-refractivity contribution in [2.45, 2.75) is 83.2 Å². The molecule has 1 aliphatic carbocycles. The molecule has 0 aromatic carbocycles. The second-order valence-electron chi connectivity index (χ2n) is 8.07. The fraction of sp³-hybridized carbons (Fsp3) is 0.727. The highest BCUT2D eigenvalue weighted by Crippen LogP contribution is 2.28. The molecule has 4 nitrogen and oxygen atoms in total. The number of hydrogen-bond donors (Lipinski definition) is 1. The number of aromatic nitrogens is 1. The highest BCUT2D eigenvalue weighted by Gasteiger charge is 2.25. The Hall–Kier alpha value is -1.13. The second-order valence-corrected chi connectivity index (χ2v) is 8.07. The van der Waals surface area contributed by atoms with Gasteiger partial charge in [0.1, 0.15) is 0 Å². The SMILES string of the molecule is Cl.O=C(CCCC1CCCCC1)N(Cc1ccccn1)C1CCCNCC1. The van der Waals surface area contributed by atoms with Crippen LogP contribution in [0.3, 0.4) is 0 Å². The second kappa shape index (κ2) is 12.4. The Labute approximate surface area is 170 Å². The Morgan fingerprint density at radius 3 is 2.70 bits per heavy atom. The van der Waals surface area contributed by atoms with E-state index < -0.39 is 0 Å². The molecule has 0 spiro atoms. The third-order valence-corrected chi connectivity index (χ3v) is 6.09. The molecule has 152 valence electrons. The molecule has 1 saturated heterocycles. The molecule has 1 unspecified atom stereocenters. The molecule has 2 fully saturated rings. The van der Waals surface area contributed by atoms with E-state index in [4.69, 9.17) is 0 Å². The van der Waals surface area contributed by atoms with Gasteiger partial charge in [-0.1, -0.05) is 38.2 Å². The number of halogens is 1. The maximum atomic E-state index is 13.1. The summed E-state index contributed by atoms with van der Waals surface area (Å²) < 4.78 is 0. The number of pyridine rings is 1. The van der Waals surface area contributed by atoms with Gasteiger partial charge in [0, 0.05) is 18.7 Å². The van der Waals surface area contributed by atoms with Crippen molar-refractivity contribution < 1.29 is 4.79 Å². The van der Waals surface area contributed by atoms with Gasteiger partial charge in [0.2, 0.25) is 5.91 Å². The molecule has 1 N–H and O–H groups in total. The van der Waals surface area contributed by atoms with Gasteiger partial charge < -0.3 is 10.2 Å². The minimum absolute atomic E-state index is 0. The molecule has 1 amide bonds. The molecule has 1 aromatic rings. The summed E-state index contributed by atoms with van der Waals surface area (Å²) in [5.74, 6) is 1.20. The lowest BCUT2D eigenvalue weighted by atomic mass is 9.86. The highest BCUT2D eigenvalue weighted by atomic mass is 35.5. The van der Waals surface area contributed by atoms with Gasteiger partial charge in [0.15, 0.2) is 0 Å². The quantitative estimate of drug-likeness (QED) is 0.728. The van der Waals surface area contributed by atoms with Crippen molar-refractivity contribution in [3.63, 3.8) is 0 Å². The van der Waals surface area contributed by atoms with Crippen LogP contribution in [-0.2, 0) is 11.3 Å². The molecule has 0 bridgehead atoms. The first kappa shape index (κ1) is 22.2. The van der Waals surface area contributed by atoms with E-state index in [1.54, 1.807) is 0 Å². The van der Waals surface area contributed by atoms with Crippen molar-refractivity contribution in [2.75, 3.05) is 13.1 Å². The third kappa shape index (κ3) is 7.42. The lowest BCUT2D eigenvalue weighted by Crippen LogP contribution is -2.40. The lowest BCUT2D eigenvalue weighted by Gasteiger charge is -2.31. The first-order valence-electron chi connectivity index (χ1n) is 10.7. The summed E-state index contributed by atoms with van der Waals surface area (Å²) in [7, 11) is 0. The van der Waals surface area contributed by atoms with Crippen LogP contribution in [0.2, 0.25) is 0 Å². The molecule has 2 heterocycles. The van der Waals surface area contributed by atoms with Crippen LogP contribution in [0.1, 0.15) is 76.3 Å². The largest absolute Gasteiger partial charge is 0.334 e. The van der Waals surface area contributed by atoms with Gasteiger partial charge in [-0.25, -0.2) is 0 Å². The smallest absolute Gasteiger partial charge is 0.223 e. The van der Waals surface area contributed by atoms with E-state index in [1.165, 1.54) is 38.5 Å². The summed E-state index contributed by atoms with van der Waals surface area (Å²) in [5, 5.41) is 3.47. The van der Waals surface area contributed by atoms with Gasteiger partial charge in [-0.05, 0) is 63.2 Å². The molecule has 1 atom stereocenters. The molecule has 1 aliphatic heterocycles. The summed E-state index contributed by atoms with van der Waals surface area (Å²) in [4.78, 5) is 19.7. The number of nitrogens with zero attached hydrogens (tertiary/aromatic N) is 2. The molecule has 2 aliphatic rings. The van der Waals surface area contributed by atoms with Gasteiger partial charge in [-0.3, -0.25) is 9.78 Å². The third-order valence-electron chi connectivity index (χ3n) is 6.09. The van der Waals surface area contributed by atoms with Crippen molar-refractivity contribution >= 4 is 18.3 Å². The van der Waals surface area contributed by atoms with Gasteiger partial charge in [0.25, 0.3) is 0 Å². The van der Waals surface area contributed by atoms with Crippen LogP contribution in [0.5, 0.6) is 0 Å². The molecule has 27 heavy (non-hydrogen) atoms. The van der Waals surface area contributed by atoms with Gasteiger partial charge in [-0.15, -0.1) is 12.4 Å². The van der Waals surface area contributed by atoms with Gasteiger partial charge >= 0.3 is 0 Å². The zero-order valence-electron chi connectivity index (χ0n) is 16.6. The molecule has 1 aromatic heterocycles. The van der Waals surface area contributed by atoms with Crippen LogP contribution in [-0.4, -0.2) is 34.9 Å². The molecule has 3 rings (SSSR count). The predicted octanol–water partition coefficient (Wildman–Crippen LogP) is 4.72. The standard InChI is InChI=1S/C22H35N3O.ClH/c26-22(13-6-10-19-8-2-1-3-9-19)25(18-20-11-4-5-16-24-20)21-12-7-15-23-17-14-21;/h4-5,11,16,19,21,23H,1-3,6-10,12-15,17-18H2;1H. The Kier molecular flexibility index (Phi) is 10.1. The van der Waals surface area contributed by atoms with Crippen LogP contribution in [0.15, 0.2) is 24.4 Å². The van der Waals surface area contributed by atoms with E-state index in [0.29, 0.717) is 24.9 Å². The summed E-state index contributed by atoms with van der Waals surface area (Å²) in [6.07, 6.45) is 15.1. The monoisotopic (exact) mass is 393 g/mol. The van der Waals surface area contributed by atoms with E-state index in [-0.39, 0.29) is 12.4 Å². The maximum absolute atomic E-state index is 13.1. The van der Waals surface area contributed by atoms with Crippen LogP contribution in [0.4, 0.5) is 0 Å². The van der Waals surface area contributed by atoms with E-state index >= 15 is 0 Å². The fourth-order valence-electron chi connectivity index (χ4n) is 4.56. The number of rotatable bonds is 7. The minimum atomic E-state index is 0. The van der Waals surface area contributed by atoms with Crippen LogP contribution in [0, 0.1) is 5.92 Å². The summed E-state index contributed by atoms with van der Waals surface area (Å²) in [6.45, 7) is 2.75. The number of hydrogen-bond acceptors (Lipinski definition) is 3. The number of amides is 1. The molecular formula is C22H36ClN3O. The zero-order chi connectivity index (χ0) is 18.0. The van der Waals surface area contributed by atoms with Crippen molar-refractivity contribution in [1.82, 2.24) is 15.2 Å². The average molecular weight is 394 g/mol. The van der Waals surface area contributed by atoms with Gasteiger partial charge in [-0.2, -0.15) is 0 Å². The highest BCUT2D eigenvalue weighted by molar-refractivity contribution is 5.85. The fourth-order valence-corrected chi connectivity index (χ4v) is 4.56. The normalized spacial score (nSPS) is 21.1. The number of carbonyl (C=O) groups excluding carboxylic acids is 1. The molecule has 5 heteroatoms. The van der Waals surface area contributed by atoms with E-state index in [1.807, 2.05) is 24.4 Å². The van der Waals surface area contributed by atoms with E-state index in [2.05, 4.69) is 15.2 Å². The van der Waals surface area contributed by atoms with Crippen LogP contribution in [0.25, 0.3) is 0 Å². The first-order chi connectivity index (χ1) is 12.8. The number of carbonyl (C=O) groups is 1. The minimum Gasteiger partial charge on any atom is -0.334 e. The Morgan fingerprint density at radius 1 is 1.07 bits per heavy atom. The number of nitrogens with one attached hydrogen (secondary N) is 1. The Bertz CT molecular complexity index is 526. The first-order valence-corrected chi connectivity index (χ1v) is 10.7. The molecule has 1 saturated carbocycles.